The molecule has 1 atom stereocenters. The maximum atomic E-state index is 13.9. The summed E-state index contributed by atoms with van der Waals surface area (Å²) in [5.41, 5.74) is 1.69. The molecule has 0 spiro atoms. The first kappa shape index (κ1) is 15.5. The molecule has 0 aliphatic heterocycles. The van der Waals surface area contributed by atoms with Crippen LogP contribution in [-0.2, 0) is 6.42 Å². The minimum Gasteiger partial charge on any atom is -0.454 e. The van der Waals surface area contributed by atoms with Gasteiger partial charge in [0, 0.05) is 5.56 Å². The maximum absolute atomic E-state index is 13.9. The molecule has 2 aromatic carbocycles. The molecule has 0 heterocycles. The van der Waals surface area contributed by atoms with Crippen molar-refractivity contribution in [2.45, 2.75) is 39.2 Å². The first-order valence-corrected chi connectivity index (χ1v) is 7.35. The molecule has 1 unspecified atom stereocenters. The number of halogens is 1. The van der Waals surface area contributed by atoms with Gasteiger partial charge in [-0.3, -0.25) is 0 Å². The first-order valence-electron chi connectivity index (χ1n) is 7.35. The van der Waals surface area contributed by atoms with E-state index in [-0.39, 0.29) is 5.75 Å². The van der Waals surface area contributed by atoms with Crippen molar-refractivity contribution in [1.82, 2.24) is 0 Å². The Bertz CT molecular complexity index is 576. The predicted molar refractivity (Wildman–Crippen MR) is 82.2 cm³/mol. The minimum atomic E-state index is -0.778. The summed E-state index contributed by atoms with van der Waals surface area (Å²) >= 11 is 0. The van der Waals surface area contributed by atoms with Crippen molar-refractivity contribution in [2.75, 3.05) is 0 Å². The third kappa shape index (κ3) is 4.05. The first-order chi connectivity index (χ1) is 10.1. The van der Waals surface area contributed by atoms with Gasteiger partial charge in [0.2, 0.25) is 0 Å². The van der Waals surface area contributed by atoms with E-state index in [2.05, 4.69) is 6.92 Å². The molecule has 112 valence electrons. The van der Waals surface area contributed by atoms with Gasteiger partial charge in [-0.2, -0.15) is 0 Å². The van der Waals surface area contributed by atoms with Crippen molar-refractivity contribution in [3.63, 3.8) is 0 Å². The highest BCUT2D eigenvalue weighted by Gasteiger charge is 2.14. The van der Waals surface area contributed by atoms with E-state index in [1.54, 1.807) is 19.1 Å². The van der Waals surface area contributed by atoms with Crippen LogP contribution in [0.3, 0.4) is 0 Å². The molecule has 0 saturated carbocycles. The quantitative estimate of drug-likeness (QED) is 0.809. The summed E-state index contributed by atoms with van der Waals surface area (Å²) in [6, 6.07) is 12.2. The van der Waals surface area contributed by atoms with E-state index >= 15 is 0 Å². The van der Waals surface area contributed by atoms with E-state index in [1.807, 2.05) is 24.3 Å². The summed E-state index contributed by atoms with van der Waals surface area (Å²) in [7, 11) is 0. The second-order valence-electron chi connectivity index (χ2n) is 5.18. The molecule has 0 aliphatic rings. The molecule has 0 saturated heterocycles. The molecule has 0 amide bonds. The fourth-order valence-corrected chi connectivity index (χ4v) is 2.19. The van der Waals surface area contributed by atoms with Gasteiger partial charge < -0.3 is 9.84 Å². The van der Waals surface area contributed by atoms with Crippen LogP contribution in [0.2, 0.25) is 0 Å². The van der Waals surface area contributed by atoms with E-state index in [9.17, 15) is 9.50 Å². The highest BCUT2D eigenvalue weighted by Crippen LogP contribution is 2.32. The van der Waals surface area contributed by atoms with Gasteiger partial charge in [0.25, 0.3) is 0 Å². The number of unbranched alkanes of at least 4 members (excludes halogenated alkanes) is 1. The Kier molecular flexibility index (Phi) is 5.34. The average Bonchev–Trinajstić information content (AvgIpc) is 2.48. The Morgan fingerprint density at radius 3 is 2.48 bits per heavy atom. The van der Waals surface area contributed by atoms with Gasteiger partial charge in [0.05, 0.1) is 6.10 Å². The van der Waals surface area contributed by atoms with Gasteiger partial charge in [-0.1, -0.05) is 37.6 Å². The van der Waals surface area contributed by atoms with Crippen molar-refractivity contribution in [3.8, 4) is 11.5 Å². The highest BCUT2D eigenvalue weighted by molar-refractivity contribution is 5.40. The Balaban J connectivity index is 2.18. The molecule has 2 aromatic rings. The molecule has 0 aromatic heterocycles. The van der Waals surface area contributed by atoms with Gasteiger partial charge in [0.1, 0.15) is 5.75 Å². The normalized spacial score (nSPS) is 12.2. The zero-order valence-electron chi connectivity index (χ0n) is 12.5. The van der Waals surface area contributed by atoms with Crippen LogP contribution in [0.15, 0.2) is 42.5 Å². The lowest BCUT2D eigenvalue weighted by Crippen LogP contribution is -1.98. The third-order valence-corrected chi connectivity index (χ3v) is 3.41. The number of ether oxygens (including phenoxy) is 1. The van der Waals surface area contributed by atoms with Gasteiger partial charge >= 0.3 is 0 Å². The molecule has 3 heteroatoms. The lowest BCUT2D eigenvalue weighted by atomic mass is 10.1. The van der Waals surface area contributed by atoms with Crippen LogP contribution in [0.25, 0.3) is 0 Å². The van der Waals surface area contributed by atoms with Crippen LogP contribution < -0.4 is 4.74 Å². The van der Waals surface area contributed by atoms with Gasteiger partial charge in [-0.15, -0.1) is 0 Å². The second kappa shape index (κ2) is 7.23. The molecular weight excluding hydrogens is 267 g/mol. The van der Waals surface area contributed by atoms with Crippen molar-refractivity contribution in [1.29, 1.82) is 0 Å². The number of hydrogen-bond donors (Lipinski definition) is 1. The van der Waals surface area contributed by atoms with Crippen LogP contribution in [0.5, 0.6) is 11.5 Å². The molecule has 2 nitrogen and oxygen atoms in total. The predicted octanol–water partition coefficient (Wildman–Crippen LogP) is 5.01. The smallest absolute Gasteiger partial charge is 0.168 e. The molecule has 0 radical (unpaired) electrons. The largest absolute Gasteiger partial charge is 0.454 e. The molecule has 0 bridgehead atoms. The van der Waals surface area contributed by atoms with E-state index < -0.39 is 11.9 Å². The monoisotopic (exact) mass is 288 g/mol. The maximum Gasteiger partial charge on any atom is 0.168 e. The summed E-state index contributed by atoms with van der Waals surface area (Å²) in [4.78, 5) is 0. The molecule has 21 heavy (non-hydrogen) atoms. The van der Waals surface area contributed by atoms with E-state index in [0.717, 1.165) is 19.3 Å². The van der Waals surface area contributed by atoms with E-state index in [0.29, 0.717) is 11.3 Å². The number of hydrogen-bond acceptors (Lipinski definition) is 2. The van der Waals surface area contributed by atoms with Crippen LogP contribution in [0.4, 0.5) is 4.39 Å². The zero-order chi connectivity index (χ0) is 15.2. The van der Waals surface area contributed by atoms with Gasteiger partial charge in [-0.25, -0.2) is 4.39 Å². The lowest BCUT2D eigenvalue weighted by molar-refractivity contribution is 0.194. The molecule has 2 rings (SSSR count). The van der Waals surface area contributed by atoms with Crippen LogP contribution >= 0.6 is 0 Å². The van der Waals surface area contributed by atoms with Gasteiger partial charge in [-0.05, 0) is 43.5 Å². The minimum absolute atomic E-state index is 0.0915. The topological polar surface area (TPSA) is 29.5 Å². The van der Waals surface area contributed by atoms with Crippen molar-refractivity contribution >= 4 is 0 Å². The number of aryl methyl sites for hydroxylation is 1. The number of para-hydroxylation sites is 1. The highest BCUT2D eigenvalue weighted by atomic mass is 19.1. The fourth-order valence-electron chi connectivity index (χ4n) is 2.19. The standard InChI is InChI=1S/C18H21FO2/c1-3-4-6-14-9-11-15(12-10-14)21-18-16(13(2)20)7-5-8-17(18)19/h5,7-13,20H,3-4,6H2,1-2H3. The molecule has 1 N–H and O–H groups in total. The average molecular weight is 288 g/mol. The number of benzene rings is 2. The number of aliphatic hydroxyl groups is 1. The Labute approximate surface area is 125 Å². The summed E-state index contributed by atoms with van der Waals surface area (Å²) in [5, 5.41) is 9.70. The molecule has 0 fully saturated rings. The van der Waals surface area contributed by atoms with E-state index in [1.165, 1.54) is 11.6 Å². The molecular formula is C18H21FO2. The van der Waals surface area contributed by atoms with Crippen LogP contribution in [0, 0.1) is 5.82 Å². The summed E-state index contributed by atoms with van der Waals surface area (Å²) in [6.07, 6.45) is 2.57. The van der Waals surface area contributed by atoms with Crippen molar-refractivity contribution < 1.29 is 14.2 Å². The summed E-state index contributed by atoms with van der Waals surface area (Å²) in [5.74, 6) is 0.194. The Hall–Kier alpha value is -1.87. The van der Waals surface area contributed by atoms with Crippen molar-refractivity contribution in [2.24, 2.45) is 0 Å². The SMILES string of the molecule is CCCCc1ccc(Oc2c(F)cccc2C(C)O)cc1. The number of rotatable bonds is 6. The van der Waals surface area contributed by atoms with Gasteiger partial charge in [0.15, 0.2) is 11.6 Å². The van der Waals surface area contributed by atoms with Crippen LogP contribution in [-0.4, -0.2) is 5.11 Å². The van der Waals surface area contributed by atoms with E-state index in [4.69, 9.17) is 4.74 Å². The third-order valence-electron chi connectivity index (χ3n) is 3.41. The Morgan fingerprint density at radius 1 is 1.14 bits per heavy atom. The molecule has 0 aliphatic carbocycles. The van der Waals surface area contributed by atoms with Crippen LogP contribution in [0.1, 0.15) is 43.9 Å². The number of aliphatic hydroxyl groups excluding tert-OH is 1. The summed E-state index contributed by atoms with van der Waals surface area (Å²) < 4.78 is 19.5. The summed E-state index contributed by atoms with van der Waals surface area (Å²) in [6.45, 7) is 3.75. The second-order valence-corrected chi connectivity index (χ2v) is 5.18. The lowest BCUT2D eigenvalue weighted by Gasteiger charge is -2.14. The van der Waals surface area contributed by atoms with Crippen molar-refractivity contribution in [3.05, 3.63) is 59.4 Å². The fraction of sp³-hybridized carbons (Fsp3) is 0.333. The zero-order valence-corrected chi connectivity index (χ0v) is 12.5. The Morgan fingerprint density at radius 2 is 1.86 bits per heavy atom.